The number of nitrogens with zero attached hydrogens (tertiary/aromatic N) is 3. The van der Waals surface area contributed by atoms with E-state index in [2.05, 4.69) is 10.00 Å². The number of aliphatic carboxylic acids is 1. The monoisotopic (exact) mass is 303 g/mol. The van der Waals surface area contributed by atoms with Crippen molar-refractivity contribution in [2.24, 2.45) is 0 Å². The van der Waals surface area contributed by atoms with Crippen LogP contribution in [0.1, 0.15) is 36.0 Å². The van der Waals surface area contributed by atoms with E-state index >= 15 is 0 Å². The van der Waals surface area contributed by atoms with E-state index in [1.807, 2.05) is 25.1 Å². The number of hydrogen-bond acceptors (Lipinski definition) is 4. The van der Waals surface area contributed by atoms with Gasteiger partial charge >= 0.3 is 5.97 Å². The zero-order chi connectivity index (χ0) is 15.5. The molecular weight excluding hydrogens is 282 g/mol. The van der Waals surface area contributed by atoms with Crippen molar-refractivity contribution in [2.75, 3.05) is 13.1 Å². The predicted octanol–water partition coefficient (Wildman–Crippen LogP) is 2.25. The van der Waals surface area contributed by atoms with Crippen LogP contribution in [-0.4, -0.2) is 38.8 Å². The first-order valence-corrected chi connectivity index (χ1v) is 7.63. The molecule has 1 fully saturated rings. The van der Waals surface area contributed by atoms with E-state index in [9.17, 15) is 4.79 Å². The fourth-order valence-corrected chi connectivity index (χ4v) is 3.18. The van der Waals surface area contributed by atoms with Gasteiger partial charge in [0.25, 0.3) is 0 Å². The van der Waals surface area contributed by atoms with Crippen molar-refractivity contribution in [3.05, 3.63) is 41.6 Å². The largest absolute Gasteiger partial charge is 0.480 e. The molecular formula is C16H21N3O3. The highest BCUT2D eigenvalue weighted by molar-refractivity contribution is 5.66. The van der Waals surface area contributed by atoms with Crippen LogP contribution in [0.2, 0.25) is 0 Å². The summed E-state index contributed by atoms with van der Waals surface area (Å²) in [5.41, 5.74) is 1.02. The molecule has 1 aliphatic rings. The number of furan rings is 1. The first-order valence-electron chi connectivity index (χ1n) is 7.63. The highest BCUT2D eigenvalue weighted by atomic mass is 16.4. The molecule has 1 aliphatic heterocycles. The zero-order valence-corrected chi connectivity index (χ0v) is 12.7. The normalized spacial score (nSPS) is 19.4. The fraction of sp³-hybridized carbons (Fsp3) is 0.500. The van der Waals surface area contributed by atoms with Crippen molar-refractivity contribution >= 4 is 5.97 Å². The lowest BCUT2D eigenvalue weighted by atomic mass is 9.94. The second-order valence-electron chi connectivity index (χ2n) is 5.89. The Morgan fingerprint density at radius 1 is 1.45 bits per heavy atom. The summed E-state index contributed by atoms with van der Waals surface area (Å²) >= 11 is 0. The lowest BCUT2D eigenvalue weighted by molar-refractivity contribution is -0.137. The van der Waals surface area contributed by atoms with Crippen LogP contribution in [0.25, 0.3) is 0 Å². The van der Waals surface area contributed by atoms with Gasteiger partial charge in [-0.05, 0) is 44.5 Å². The summed E-state index contributed by atoms with van der Waals surface area (Å²) in [7, 11) is 0. The smallest absolute Gasteiger partial charge is 0.325 e. The van der Waals surface area contributed by atoms with Gasteiger partial charge in [0.2, 0.25) is 0 Å². The highest BCUT2D eigenvalue weighted by Crippen LogP contribution is 2.27. The minimum absolute atomic E-state index is 0.0732. The average Bonchev–Trinajstić information content (AvgIpc) is 3.08. The third-order valence-corrected chi connectivity index (χ3v) is 4.13. The predicted molar refractivity (Wildman–Crippen MR) is 80.6 cm³/mol. The molecule has 0 bridgehead atoms. The van der Waals surface area contributed by atoms with E-state index in [0.29, 0.717) is 5.92 Å². The molecule has 0 unspecified atom stereocenters. The molecule has 1 saturated heterocycles. The standard InChI is InChI=1S/C16H21N3O3/c1-12-4-5-14(22-12)10-18-8-2-3-13(9-18)15-6-7-17-19(15)11-16(20)21/h4-7,13H,2-3,8-11H2,1H3,(H,20,21)/t13-/m1/s1. The van der Waals surface area contributed by atoms with Crippen molar-refractivity contribution in [3.8, 4) is 0 Å². The molecule has 0 saturated carbocycles. The number of piperidine rings is 1. The van der Waals surface area contributed by atoms with Gasteiger partial charge in [-0.25, -0.2) is 0 Å². The molecule has 1 N–H and O–H groups in total. The first-order chi connectivity index (χ1) is 10.6. The number of aryl methyl sites for hydroxylation is 1. The molecule has 22 heavy (non-hydrogen) atoms. The van der Waals surface area contributed by atoms with Crippen molar-refractivity contribution in [1.29, 1.82) is 0 Å². The van der Waals surface area contributed by atoms with Gasteiger partial charge < -0.3 is 9.52 Å². The van der Waals surface area contributed by atoms with E-state index < -0.39 is 5.97 Å². The molecule has 0 aromatic carbocycles. The van der Waals surface area contributed by atoms with Gasteiger partial charge in [0.05, 0.1) is 6.54 Å². The second-order valence-corrected chi connectivity index (χ2v) is 5.89. The molecule has 6 heteroatoms. The number of carbonyl (C=O) groups is 1. The van der Waals surface area contributed by atoms with Crippen LogP contribution in [0, 0.1) is 6.92 Å². The van der Waals surface area contributed by atoms with Crippen molar-refractivity contribution in [2.45, 2.75) is 38.8 Å². The summed E-state index contributed by atoms with van der Waals surface area (Å²) in [6.07, 6.45) is 3.86. The van der Waals surface area contributed by atoms with E-state index in [4.69, 9.17) is 9.52 Å². The van der Waals surface area contributed by atoms with Crippen LogP contribution in [-0.2, 0) is 17.9 Å². The maximum Gasteiger partial charge on any atom is 0.325 e. The SMILES string of the molecule is Cc1ccc(CN2CCC[C@@H](c3ccnn3CC(=O)O)C2)o1. The van der Waals surface area contributed by atoms with Crippen molar-refractivity contribution < 1.29 is 14.3 Å². The molecule has 3 heterocycles. The van der Waals surface area contributed by atoms with Crippen LogP contribution in [0.15, 0.2) is 28.8 Å². The Morgan fingerprint density at radius 2 is 2.32 bits per heavy atom. The van der Waals surface area contributed by atoms with Gasteiger partial charge in [-0.3, -0.25) is 14.4 Å². The van der Waals surface area contributed by atoms with E-state index in [0.717, 1.165) is 49.7 Å². The van der Waals surface area contributed by atoms with Crippen molar-refractivity contribution in [1.82, 2.24) is 14.7 Å². The van der Waals surface area contributed by atoms with Gasteiger partial charge in [0, 0.05) is 24.4 Å². The summed E-state index contributed by atoms with van der Waals surface area (Å²) in [6, 6.07) is 5.94. The molecule has 3 rings (SSSR count). The Morgan fingerprint density at radius 3 is 3.05 bits per heavy atom. The molecule has 0 aliphatic carbocycles. The first kappa shape index (κ1) is 14.8. The van der Waals surface area contributed by atoms with Crippen LogP contribution >= 0.6 is 0 Å². The minimum atomic E-state index is -0.858. The Kier molecular flexibility index (Phi) is 4.29. The number of rotatable bonds is 5. The Bertz CT molecular complexity index is 647. The fourth-order valence-electron chi connectivity index (χ4n) is 3.18. The molecule has 2 aromatic heterocycles. The number of carboxylic acids is 1. The molecule has 2 aromatic rings. The second kappa shape index (κ2) is 6.36. The van der Waals surface area contributed by atoms with Crippen molar-refractivity contribution in [3.63, 3.8) is 0 Å². The molecule has 118 valence electrons. The van der Waals surface area contributed by atoms with Crippen LogP contribution in [0.4, 0.5) is 0 Å². The summed E-state index contributed by atoms with van der Waals surface area (Å²) in [4.78, 5) is 13.3. The lowest BCUT2D eigenvalue weighted by Crippen LogP contribution is -2.34. The van der Waals surface area contributed by atoms with E-state index in [1.165, 1.54) is 0 Å². The molecule has 1 atom stereocenters. The minimum Gasteiger partial charge on any atom is -0.480 e. The summed E-state index contributed by atoms with van der Waals surface area (Å²) < 4.78 is 7.26. The maximum atomic E-state index is 10.9. The van der Waals surface area contributed by atoms with Gasteiger partial charge in [-0.1, -0.05) is 0 Å². The van der Waals surface area contributed by atoms with Gasteiger partial charge in [0.1, 0.15) is 18.1 Å². The van der Waals surface area contributed by atoms with E-state index in [-0.39, 0.29) is 6.54 Å². The van der Waals surface area contributed by atoms with Crippen LogP contribution in [0.3, 0.4) is 0 Å². The molecule has 0 spiro atoms. The summed E-state index contributed by atoms with van der Waals surface area (Å²) in [6.45, 7) is 4.63. The van der Waals surface area contributed by atoms with Crippen LogP contribution < -0.4 is 0 Å². The Hall–Kier alpha value is -2.08. The third-order valence-electron chi connectivity index (χ3n) is 4.13. The third kappa shape index (κ3) is 3.39. The quantitative estimate of drug-likeness (QED) is 0.917. The lowest BCUT2D eigenvalue weighted by Gasteiger charge is -2.32. The number of carboxylic acid groups (broad SMARTS) is 1. The Balaban J connectivity index is 1.68. The summed E-state index contributed by atoms with van der Waals surface area (Å²) in [5.74, 6) is 1.38. The van der Waals surface area contributed by atoms with E-state index in [1.54, 1.807) is 10.9 Å². The van der Waals surface area contributed by atoms with Crippen LogP contribution in [0.5, 0.6) is 0 Å². The molecule has 0 amide bonds. The number of likely N-dealkylation sites (tertiary alicyclic amines) is 1. The zero-order valence-electron chi connectivity index (χ0n) is 12.7. The van der Waals surface area contributed by atoms with Gasteiger partial charge in [-0.15, -0.1) is 0 Å². The summed E-state index contributed by atoms with van der Waals surface area (Å²) in [5, 5.41) is 13.1. The highest BCUT2D eigenvalue weighted by Gasteiger charge is 2.25. The number of hydrogen-bond donors (Lipinski definition) is 1. The average molecular weight is 303 g/mol. The van der Waals surface area contributed by atoms with Gasteiger partial charge in [-0.2, -0.15) is 5.10 Å². The Labute approximate surface area is 129 Å². The molecule has 0 radical (unpaired) electrons. The molecule has 6 nitrogen and oxygen atoms in total. The van der Waals surface area contributed by atoms with Gasteiger partial charge in [0.15, 0.2) is 0 Å². The maximum absolute atomic E-state index is 10.9. The number of aromatic nitrogens is 2. The topological polar surface area (TPSA) is 71.5 Å².